The molecule has 1 heterocycles. The fraction of sp³-hybridized carbons (Fsp3) is 0.214. The van der Waals surface area contributed by atoms with Gasteiger partial charge in [0.2, 0.25) is 5.88 Å². The molecule has 0 fully saturated rings. The van der Waals surface area contributed by atoms with Crippen molar-refractivity contribution in [3.05, 3.63) is 57.9 Å². The third-order valence-corrected chi connectivity index (χ3v) is 3.33. The van der Waals surface area contributed by atoms with Gasteiger partial charge < -0.3 is 10.5 Å². The fourth-order valence-electron chi connectivity index (χ4n) is 1.90. The number of nitrogens with two attached hydrogens (primary N) is 1. The second kappa shape index (κ2) is 6.12. The topological polar surface area (TPSA) is 48.1 Å². The van der Waals surface area contributed by atoms with Crippen LogP contribution in [0.25, 0.3) is 0 Å². The number of methoxy groups -OCH3 is 1. The number of rotatable bonds is 4. The minimum Gasteiger partial charge on any atom is -0.481 e. The van der Waals surface area contributed by atoms with E-state index in [0.29, 0.717) is 17.9 Å². The van der Waals surface area contributed by atoms with Crippen LogP contribution >= 0.6 is 15.9 Å². The van der Waals surface area contributed by atoms with E-state index in [1.54, 1.807) is 24.4 Å². The lowest BCUT2D eigenvalue weighted by Crippen LogP contribution is -2.15. The number of pyridine rings is 1. The van der Waals surface area contributed by atoms with Crippen LogP contribution < -0.4 is 10.5 Å². The summed E-state index contributed by atoms with van der Waals surface area (Å²) in [4.78, 5) is 4.09. The second-order valence-electron chi connectivity index (χ2n) is 4.15. The zero-order valence-corrected chi connectivity index (χ0v) is 12.0. The Morgan fingerprint density at radius 3 is 2.95 bits per heavy atom. The molecule has 0 bridgehead atoms. The molecule has 2 rings (SSSR count). The highest BCUT2D eigenvalue weighted by Crippen LogP contribution is 2.25. The number of hydrogen-bond acceptors (Lipinski definition) is 3. The SMILES string of the molecule is COc1ncccc1C(N)Cc1cc(Br)ccc1F. The van der Waals surface area contributed by atoms with Crippen LogP contribution in [0.4, 0.5) is 4.39 Å². The van der Waals surface area contributed by atoms with E-state index in [9.17, 15) is 4.39 Å². The van der Waals surface area contributed by atoms with Crippen LogP contribution in [0.1, 0.15) is 17.2 Å². The van der Waals surface area contributed by atoms with Gasteiger partial charge in [0.25, 0.3) is 0 Å². The van der Waals surface area contributed by atoms with E-state index in [1.807, 2.05) is 6.07 Å². The lowest BCUT2D eigenvalue weighted by molar-refractivity contribution is 0.388. The molecule has 1 aromatic heterocycles. The number of aromatic nitrogens is 1. The molecular weight excluding hydrogens is 311 g/mol. The van der Waals surface area contributed by atoms with Crippen LogP contribution in [0, 0.1) is 5.82 Å². The molecule has 100 valence electrons. The Morgan fingerprint density at radius 1 is 1.42 bits per heavy atom. The Kier molecular flexibility index (Phi) is 4.50. The summed E-state index contributed by atoms with van der Waals surface area (Å²) in [5, 5.41) is 0. The average molecular weight is 325 g/mol. The molecule has 19 heavy (non-hydrogen) atoms. The van der Waals surface area contributed by atoms with Crippen molar-refractivity contribution in [3.8, 4) is 5.88 Å². The molecule has 0 spiro atoms. The van der Waals surface area contributed by atoms with Gasteiger partial charge in [-0.25, -0.2) is 9.37 Å². The molecular formula is C14H14BrFN2O. The van der Waals surface area contributed by atoms with Gasteiger partial charge in [-0.1, -0.05) is 22.0 Å². The maximum atomic E-state index is 13.7. The fourth-order valence-corrected chi connectivity index (χ4v) is 2.31. The number of hydrogen-bond donors (Lipinski definition) is 1. The van der Waals surface area contributed by atoms with E-state index >= 15 is 0 Å². The van der Waals surface area contributed by atoms with Crippen LogP contribution in [0.5, 0.6) is 5.88 Å². The number of nitrogens with zero attached hydrogens (tertiary/aromatic N) is 1. The van der Waals surface area contributed by atoms with Gasteiger partial charge in [0.1, 0.15) is 5.82 Å². The zero-order valence-electron chi connectivity index (χ0n) is 10.4. The summed E-state index contributed by atoms with van der Waals surface area (Å²) in [6.07, 6.45) is 2.02. The summed E-state index contributed by atoms with van der Waals surface area (Å²) in [7, 11) is 1.54. The van der Waals surface area contributed by atoms with E-state index in [1.165, 1.54) is 13.2 Å². The third kappa shape index (κ3) is 3.30. The van der Waals surface area contributed by atoms with Crippen LogP contribution in [0.2, 0.25) is 0 Å². The molecule has 1 atom stereocenters. The van der Waals surface area contributed by atoms with Gasteiger partial charge in [-0.3, -0.25) is 0 Å². The van der Waals surface area contributed by atoms with Gasteiger partial charge in [0.15, 0.2) is 0 Å². The Bertz CT molecular complexity index is 577. The quantitative estimate of drug-likeness (QED) is 0.939. The third-order valence-electron chi connectivity index (χ3n) is 2.84. The minimum absolute atomic E-state index is 0.262. The minimum atomic E-state index is -0.368. The molecule has 0 saturated carbocycles. The Morgan fingerprint density at radius 2 is 2.21 bits per heavy atom. The highest BCUT2D eigenvalue weighted by atomic mass is 79.9. The molecule has 2 aromatic rings. The van der Waals surface area contributed by atoms with Gasteiger partial charge in [-0.05, 0) is 36.2 Å². The van der Waals surface area contributed by atoms with E-state index < -0.39 is 0 Å². The van der Waals surface area contributed by atoms with Gasteiger partial charge in [0.05, 0.1) is 7.11 Å². The van der Waals surface area contributed by atoms with Crippen molar-refractivity contribution in [2.75, 3.05) is 7.11 Å². The van der Waals surface area contributed by atoms with Crippen LogP contribution in [0.3, 0.4) is 0 Å². The summed E-state index contributed by atoms with van der Waals surface area (Å²) in [6, 6.07) is 8.08. The zero-order chi connectivity index (χ0) is 13.8. The monoisotopic (exact) mass is 324 g/mol. The molecule has 0 aliphatic rings. The van der Waals surface area contributed by atoms with Crippen LogP contribution in [0.15, 0.2) is 41.0 Å². The van der Waals surface area contributed by atoms with Crippen molar-refractivity contribution in [2.24, 2.45) is 5.73 Å². The van der Waals surface area contributed by atoms with E-state index in [2.05, 4.69) is 20.9 Å². The van der Waals surface area contributed by atoms with Crippen molar-refractivity contribution in [1.29, 1.82) is 0 Å². The number of halogens is 2. The van der Waals surface area contributed by atoms with Gasteiger partial charge in [-0.2, -0.15) is 0 Å². The smallest absolute Gasteiger partial charge is 0.217 e. The molecule has 1 unspecified atom stereocenters. The Balaban J connectivity index is 2.25. The Hall–Kier alpha value is -1.46. The average Bonchev–Trinajstić information content (AvgIpc) is 2.42. The lowest BCUT2D eigenvalue weighted by atomic mass is 10.0. The molecule has 1 aromatic carbocycles. The van der Waals surface area contributed by atoms with Crippen molar-refractivity contribution >= 4 is 15.9 Å². The largest absolute Gasteiger partial charge is 0.481 e. The van der Waals surface area contributed by atoms with Gasteiger partial charge >= 0.3 is 0 Å². The molecule has 3 nitrogen and oxygen atoms in total. The molecule has 5 heteroatoms. The molecule has 0 amide bonds. The molecule has 0 saturated heterocycles. The molecule has 0 aliphatic heterocycles. The van der Waals surface area contributed by atoms with Crippen molar-refractivity contribution in [2.45, 2.75) is 12.5 Å². The summed E-state index contributed by atoms with van der Waals surface area (Å²) in [6.45, 7) is 0. The normalized spacial score (nSPS) is 12.2. The van der Waals surface area contributed by atoms with Gasteiger partial charge in [-0.15, -0.1) is 0 Å². The summed E-state index contributed by atoms with van der Waals surface area (Å²) in [5.41, 5.74) is 7.45. The Labute approximate surface area is 119 Å². The van der Waals surface area contributed by atoms with Crippen molar-refractivity contribution in [1.82, 2.24) is 4.98 Å². The van der Waals surface area contributed by atoms with Crippen LogP contribution in [-0.2, 0) is 6.42 Å². The lowest BCUT2D eigenvalue weighted by Gasteiger charge is -2.15. The highest BCUT2D eigenvalue weighted by molar-refractivity contribution is 9.10. The van der Waals surface area contributed by atoms with E-state index in [0.717, 1.165) is 10.0 Å². The standard InChI is InChI=1S/C14H14BrFN2O/c1-19-14-11(3-2-6-18-14)13(17)8-9-7-10(15)4-5-12(9)16/h2-7,13H,8,17H2,1H3. The predicted octanol–water partition coefficient (Wildman–Crippen LogP) is 3.23. The summed E-state index contributed by atoms with van der Waals surface area (Å²) >= 11 is 3.33. The maximum Gasteiger partial charge on any atom is 0.217 e. The molecule has 0 aliphatic carbocycles. The molecule has 2 N–H and O–H groups in total. The number of ether oxygens (including phenoxy) is 1. The first-order valence-electron chi connectivity index (χ1n) is 5.80. The predicted molar refractivity (Wildman–Crippen MR) is 75.5 cm³/mol. The second-order valence-corrected chi connectivity index (χ2v) is 5.06. The molecule has 0 radical (unpaired) electrons. The van der Waals surface area contributed by atoms with Crippen molar-refractivity contribution < 1.29 is 9.13 Å². The van der Waals surface area contributed by atoms with Crippen molar-refractivity contribution in [3.63, 3.8) is 0 Å². The maximum absolute atomic E-state index is 13.7. The summed E-state index contributed by atoms with van der Waals surface area (Å²) < 4.78 is 19.7. The first-order chi connectivity index (χ1) is 9.11. The highest BCUT2D eigenvalue weighted by Gasteiger charge is 2.15. The first kappa shape index (κ1) is 14.0. The van der Waals surface area contributed by atoms with E-state index in [-0.39, 0.29) is 11.9 Å². The first-order valence-corrected chi connectivity index (χ1v) is 6.59. The number of benzene rings is 1. The van der Waals surface area contributed by atoms with Crippen LogP contribution in [-0.4, -0.2) is 12.1 Å². The summed E-state index contributed by atoms with van der Waals surface area (Å²) in [5.74, 6) is 0.215. The van der Waals surface area contributed by atoms with Gasteiger partial charge in [0, 0.05) is 22.3 Å². The van der Waals surface area contributed by atoms with E-state index in [4.69, 9.17) is 10.5 Å².